The average Bonchev–Trinajstić information content (AvgIpc) is 2.83. The van der Waals surface area contributed by atoms with Gasteiger partial charge in [0.1, 0.15) is 10.6 Å². The third kappa shape index (κ3) is 5.89. The monoisotopic (exact) mass is 506 g/mol. The third-order valence-electron chi connectivity index (χ3n) is 6.65. The standard InChI is InChI=1S/C33H37N3P/c1-23-13-15-31(16-14-23)34-35-36-37(18-17-30-11-9-8-10-12-30,32-26(4)19-24(2)20-27(32)5)33-28(6)21-25(3)22-29(33)7/h8-22H,1-7H3,(H,34,36)/q+1/b18-17+. The molecule has 4 rings (SSSR count). The molecule has 0 aromatic heterocycles. The largest absolute Gasteiger partial charge is 0.257 e. The third-order valence-corrected chi connectivity index (χ3v) is 10.4. The van der Waals surface area contributed by atoms with Gasteiger partial charge < -0.3 is 0 Å². The Hall–Kier alpha value is -3.55. The summed E-state index contributed by atoms with van der Waals surface area (Å²) in [7, 11) is -2.49. The van der Waals surface area contributed by atoms with E-state index in [0.29, 0.717) is 0 Å². The van der Waals surface area contributed by atoms with Crippen LogP contribution in [0.1, 0.15) is 44.5 Å². The van der Waals surface area contributed by atoms with E-state index >= 15 is 0 Å². The Bertz CT molecular complexity index is 1350. The molecule has 0 aliphatic rings. The zero-order valence-corrected chi connectivity index (χ0v) is 23.9. The summed E-state index contributed by atoms with van der Waals surface area (Å²) in [6.07, 6.45) is 2.22. The van der Waals surface area contributed by atoms with Gasteiger partial charge in [-0.25, -0.2) is 0 Å². The fraction of sp³-hybridized carbons (Fsp3) is 0.212. The highest BCUT2D eigenvalue weighted by molar-refractivity contribution is 7.91. The maximum atomic E-state index is 5.27. The molecule has 0 heterocycles. The fourth-order valence-corrected chi connectivity index (χ4v) is 9.08. The summed E-state index contributed by atoms with van der Waals surface area (Å²) in [5, 5.41) is 7.24. The maximum absolute atomic E-state index is 5.27. The van der Waals surface area contributed by atoms with E-state index in [0.717, 1.165) is 11.3 Å². The molecule has 188 valence electrons. The molecular formula is C33H37N3P+. The molecule has 1 N–H and O–H groups in total. The predicted molar refractivity (Wildman–Crippen MR) is 163 cm³/mol. The number of benzene rings is 4. The molecule has 0 fully saturated rings. The van der Waals surface area contributed by atoms with Crippen LogP contribution < -0.4 is 16.0 Å². The van der Waals surface area contributed by atoms with Crippen LogP contribution in [0.25, 0.3) is 6.08 Å². The molecule has 0 aliphatic heterocycles. The molecule has 0 saturated heterocycles. The van der Waals surface area contributed by atoms with E-state index in [1.807, 2.05) is 18.2 Å². The molecule has 0 saturated carbocycles. The van der Waals surface area contributed by atoms with Gasteiger partial charge in [0, 0.05) is 4.88 Å². The van der Waals surface area contributed by atoms with E-state index in [4.69, 9.17) is 10.1 Å². The predicted octanol–water partition coefficient (Wildman–Crippen LogP) is 8.88. The molecule has 3 nitrogen and oxygen atoms in total. The van der Waals surface area contributed by atoms with Crippen molar-refractivity contribution in [2.75, 3.05) is 5.43 Å². The molecule has 0 radical (unpaired) electrons. The smallest absolute Gasteiger partial charge is 0.249 e. The van der Waals surface area contributed by atoms with Crippen molar-refractivity contribution in [2.24, 2.45) is 10.1 Å². The first-order valence-electron chi connectivity index (χ1n) is 12.7. The minimum absolute atomic E-state index is 0.925. The van der Waals surface area contributed by atoms with Crippen LogP contribution >= 0.6 is 7.41 Å². The Morgan fingerprint density at radius 2 is 1.08 bits per heavy atom. The highest BCUT2D eigenvalue weighted by Gasteiger charge is 2.48. The Labute approximate surface area is 222 Å². The maximum Gasteiger partial charge on any atom is 0.249 e. The number of anilines is 1. The number of hydrogen-bond donors (Lipinski definition) is 1. The highest BCUT2D eigenvalue weighted by atomic mass is 31.2. The quantitative estimate of drug-likeness (QED) is 0.152. The second-order valence-electron chi connectivity index (χ2n) is 10.1. The van der Waals surface area contributed by atoms with Crippen LogP contribution in [0.3, 0.4) is 0 Å². The number of hydrogen-bond acceptors (Lipinski definition) is 2. The van der Waals surface area contributed by atoms with Crippen molar-refractivity contribution in [1.82, 2.24) is 0 Å². The zero-order chi connectivity index (χ0) is 26.6. The van der Waals surface area contributed by atoms with Crippen LogP contribution in [0.2, 0.25) is 0 Å². The van der Waals surface area contributed by atoms with Crippen molar-refractivity contribution in [2.45, 2.75) is 48.5 Å². The SMILES string of the molecule is Cc1ccc(N/N=N/[P+](/C=C/c2ccccc2)(c2c(C)cc(C)cc2C)c2c(C)cc(C)cc2C)cc1. The van der Waals surface area contributed by atoms with Gasteiger partial charge in [0.15, 0.2) is 0 Å². The van der Waals surface area contributed by atoms with Gasteiger partial charge in [0.05, 0.1) is 11.5 Å². The summed E-state index contributed by atoms with van der Waals surface area (Å²) in [5.41, 5.74) is 14.0. The Morgan fingerprint density at radius 1 is 0.595 bits per heavy atom. The lowest BCUT2D eigenvalue weighted by atomic mass is 10.1. The first kappa shape index (κ1) is 26.5. The summed E-state index contributed by atoms with van der Waals surface area (Å²) >= 11 is 0. The van der Waals surface area contributed by atoms with Crippen LogP contribution in [0, 0.1) is 48.5 Å². The van der Waals surface area contributed by atoms with Crippen molar-refractivity contribution < 1.29 is 0 Å². The van der Waals surface area contributed by atoms with E-state index in [2.05, 4.69) is 126 Å². The van der Waals surface area contributed by atoms with Crippen LogP contribution in [-0.2, 0) is 0 Å². The van der Waals surface area contributed by atoms with Gasteiger partial charge in [-0.15, -0.1) is 0 Å². The minimum Gasteiger partial charge on any atom is -0.257 e. The lowest BCUT2D eigenvalue weighted by Crippen LogP contribution is -2.27. The molecule has 4 heteroatoms. The second-order valence-corrected chi connectivity index (χ2v) is 12.8. The van der Waals surface area contributed by atoms with E-state index < -0.39 is 7.41 Å². The van der Waals surface area contributed by atoms with Gasteiger partial charge in [0.25, 0.3) is 0 Å². The first-order valence-corrected chi connectivity index (χ1v) is 14.6. The van der Waals surface area contributed by atoms with Crippen LogP contribution in [-0.4, -0.2) is 0 Å². The Morgan fingerprint density at radius 3 is 1.57 bits per heavy atom. The van der Waals surface area contributed by atoms with Crippen molar-refractivity contribution in [1.29, 1.82) is 0 Å². The topological polar surface area (TPSA) is 36.8 Å². The number of aryl methyl sites for hydroxylation is 7. The Balaban J connectivity index is 2.01. The molecule has 0 spiro atoms. The van der Waals surface area contributed by atoms with Crippen molar-refractivity contribution in [3.63, 3.8) is 0 Å². The van der Waals surface area contributed by atoms with Gasteiger partial charge in [-0.2, -0.15) is 0 Å². The molecule has 0 amide bonds. The van der Waals surface area contributed by atoms with Gasteiger partial charge in [-0.3, -0.25) is 5.43 Å². The van der Waals surface area contributed by atoms with Crippen molar-refractivity contribution in [3.8, 4) is 0 Å². The summed E-state index contributed by atoms with van der Waals surface area (Å²) in [5.74, 6) is 2.33. The average molecular weight is 507 g/mol. The first-order chi connectivity index (χ1) is 17.7. The zero-order valence-electron chi connectivity index (χ0n) is 23.0. The molecule has 0 bridgehead atoms. The normalized spacial score (nSPS) is 12.0. The van der Waals surface area contributed by atoms with Gasteiger partial charge >= 0.3 is 0 Å². The second kappa shape index (κ2) is 11.2. The minimum atomic E-state index is -2.49. The van der Waals surface area contributed by atoms with E-state index in [-0.39, 0.29) is 0 Å². The molecule has 0 atom stereocenters. The molecule has 0 unspecified atom stereocenters. The van der Waals surface area contributed by atoms with E-state index in [9.17, 15) is 0 Å². The van der Waals surface area contributed by atoms with Crippen LogP contribution in [0.4, 0.5) is 5.69 Å². The number of nitrogens with zero attached hydrogens (tertiary/aromatic N) is 2. The summed E-state index contributed by atoms with van der Waals surface area (Å²) in [6.45, 7) is 15.2. The van der Waals surface area contributed by atoms with Crippen molar-refractivity contribution >= 4 is 29.8 Å². The van der Waals surface area contributed by atoms with Crippen LogP contribution in [0.15, 0.2) is 94.8 Å². The number of rotatable bonds is 7. The van der Waals surface area contributed by atoms with Gasteiger partial charge in [-0.1, -0.05) is 83.4 Å². The molecule has 37 heavy (non-hydrogen) atoms. The Kier molecular flexibility index (Phi) is 8.05. The summed E-state index contributed by atoms with van der Waals surface area (Å²) in [6, 6.07) is 27.8. The fourth-order valence-electron chi connectivity index (χ4n) is 5.34. The molecular weight excluding hydrogens is 469 g/mol. The molecule has 4 aromatic carbocycles. The summed E-state index contributed by atoms with van der Waals surface area (Å²) in [4.78, 5) is 5.27. The molecule has 4 aromatic rings. The van der Waals surface area contributed by atoms with E-state index in [1.54, 1.807) is 0 Å². The van der Waals surface area contributed by atoms with E-state index in [1.165, 1.54) is 49.6 Å². The lowest BCUT2D eigenvalue weighted by molar-refractivity contribution is 1.18. The van der Waals surface area contributed by atoms with Crippen LogP contribution in [0.5, 0.6) is 0 Å². The van der Waals surface area contributed by atoms with Crippen molar-refractivity contribution in [3.05, 3.63) is 129 Å². The molecule has 0 aliphatic carbocycles. The highest BCUT2D eigenvalue weighted by Crippen LogP contribution is 2.63. The number of nitrogens with one attached hydrogen (secondary N) is 1. The van der Waals surface area contributed by atoms with Gasteiger partial charge in [-0.05, 0) is 99.7 Å². The lowest BCUT2D eigenvalue weighted by Gasteiger charge is -2.24. The van der Waals surface area contributed by atoms with Gasteiger partial charge in [0.2, 0.25) is 7.41 Å². The summed E-state index contributed by atoms with van der Waals surface area (Å²) < 4.78 is 0.